The van der Waals surface area contributed by atoms with Crippen molar-refractivity contribution in [3.05, 3.63) is 94.8 Å². The first-order valence-corrected chi connectivity index (χ1v) is 14.8. The largest absolute Gasteiger partial charge is 0.490 e. The van der Waals surface area contributed by atoms with Crippen LogP contribution in [0.15, 0.2) is 71.8 Å². The highest BCUT2D eigenvalue weighted by atomic mass is 79.9. The number of hydrogen-bond acceptors (Lipinski definition) is 5. The molecular weight excluding hydrogens is 678 g/mol. The van der Waals surface area contributed by atoms with Crippen LogP contribution < -0.4 is 15.0 Å². The minimum Gasteiger partial charge on any atom is -0.490 e. The molecule has 9 heteroatoms. The van der Waals surface area contributed by atoms with E-state index in [1.165, 1.54) is 10.2 Å². The Morgan fingerprint density at radius 3 is 2.47 bits per heavy atom. The summed E-state index contributed by atoms with van der Waals surface area (Å²) in [6, 6.07) is 15.6. The van der Waals surface area contributed by atoms with Crippen LogP contribution in [0.2, 0.25) is 0 Å². The summed E-state index contributed by atoms with van der Waals surface area (Å²) in [6.45, 7) is 6.95. The molecule has 38 heavy (non-hydrogen) atoms. The van der Waals surface area contributed by atoms with Crippen molar-refractivity contribution < 1.29 is 9.47 Å². The maximum absolute atomic E-state index is 13.4. The van der Waals surface area contributed by atoms with E-state index >= 15 is 0 Å². The topological polar surface area (TPSA) is 65.7 Å². The zero-order valence-corrected chi connectivity index (χ0v) is 26.2. The summed E-state index contributed by atoms with van der Waals surface area (Å²) >= 11 is 10.8. The van der Waals surface area contributed by atoms with Crippen molar-refractivity contribution in [3.63, 3.8) is 0 Å². The second-order valence-corrected chi connectivity index (χ2v) is 11.3. The molecule has 6 nitrogen and oxygen atoms in total. The normalized spacial score (nSPS) is 11.4. The molecule has 0 aliphatic heterocycles. The lowest BCUT2D eigenvalue weighted by Gasteiger charge is -2.16. The molecule has 0 saturated heterocycles. The van der Waals surface area contributed by atoms with Crippen molar-refractivity contribution >= 4 is 64.9 Å². The Bertz CT molecular complexity index is 1530. The number of unbranched alkanes of at least 4 members (excludes halogenated alkanes) is 1. The zero-order chi connectivity index (χ0) is 27.2. The van der Waals surface area contributed by atoms with Crippen LogP contribution >= 0.6 is 47.8 Å². The molecule has 0 saturated carbocycles. The van der Waals surface area contributed by atoms with Crippen molar-refractivity contribution in [2.45, 2.75) is 46.6 Å². The van der Waals surface area contributed by atoms with E-state index in [1.807, 2.05) is 37.3 Å². The summed E-state index contributed by atoms with van der Waals surface area (Å²) in [5, 5.41) is 5.10. The number of hydrogen-bond donors (Lipinski definition) is 0. The Labute approximate surface area is 247 Å². The molecule has 0 atom stereocenters. The second-order valence-electron chi connectivity index (χ2n) is 8.78. The summed E-state index contributed by atoms with van der Waals surface area (Å²) in [7, 11) is 0. The lowest BCUT2D eigenvalue weighted by molar-refractivity contribution is 0.267. The van der Waals surface area contributed by atoms with E-state index in [1.54, 1.807) is 12.3 Å². The molecule has 0 aliphatic rings. The number of ether oxygens (including phenoxy) is 2. The van der Waals surface area contributed by atoms with Gasteiger partial charge in [0.15, 0.2) is 11.5 Å². The lowest BCUT2D eigenvalue weighted by atomic mass is 10.1. The van der Waals surface area contributed by atoms with Gasteiger partial charge in [0, 0.05) is 20.9 Å². The van der Waals surface area contributed by atoms with Crippen LogP contribution in [-0.2, 0) is 13.0 Å². The number of fused-ring (bicyclic) bond motifs is 1. The van der Waals surface area contributed by atoms with E-state index < -0.39 is 0 Å². The fourth-order valence-corrected chi connectivity index (χ4v) is 5.16. The zero-order valence-electron chi connectivity index (χ0n) is 21.4. The highest BCUT2D eigenvalue weighted by Crippen LogP contribution is 2.43. The summed E-state index contributed by atoms with van der Waals surface area (Å²) in [4.78, 5) is 18.2. The van der Waals surface area contributed by atoms with Gasteiger partial charge >= 0.3 is 0 Å². The van der Waals surface area contributed by atoms with Gasteiger partial charge in [-0.2, -0.15) is 9.78 Å². The second kappa shape index (κ2) is 13.0. The Morgan fingerprint density at radius 1 is 1.00 bits per heavy atom. The van der Waals surface area contributed by atoms with E-state index in [0.29, 0.717) is 52.3 Å². The van der Waals surface area contributed by atoms with Crippen molar-refractivity contribution in [1.29, 1.82) is 0 Å². The smallest absolute Gasteiger partial charge is 0.282 e. The van der Waals surface area contributed by atoms with Crippen LogP contribution in [-0.4, -0.2) is 22.5 Å². The van der Waals surface area contributed by atoms with Crippen molar-refractivity contribution in [2.24, 2.45) is 5.10 Å². The summed E-state index contributed by atoms with van der Waals surface area (Å²) in [5.74, 6) is 1.80. The molecular formula is C29H28Br3N3O3. The monoisotopic (exact) mass is 703 g/mol. The first kappa shape index (κ1) is 28.5. The maximum atomic E-state index is 13.4. The molecule has 0 N–H and O–H groups in total. The van der Waals surface area contributed by atoms with Crippen molar-refractivity contribution in [3.8, 4) is 11.5 Å². The Balaban J connectivity index is 1.73. The van der Waals surface area contributed by atoms with E-state index in [4.69, 9.17) is 14.5 Å². The predicted molar refractivity (Wildman–Crippen MR) is 164 cm³/mol. The van der Waals surface area contributed by atoms with Gasteiger partial charge in [-0.15, -0.1) is 0 Å². The predicted octanol–water partition coefficient (Wildman–Crippen LogP) is 8.19. The third-order valence-electron chi connectivity index (χ3n) is 5.90. The van der Waals surface area contributed by atoms with Gasteiger partial charge in [0.05, 0.1) is 28.2 Å². The number of halogens is 3. The standard InChI is InChI=1S/C29H28Br3N3O3/c1-4-6-7-25-34-23-13-12-21(30)15-22(23)29(36)35(25)33-16-20-14-24(37-5-2)28(27(32)26(20)31)38-17-19-10-8-18(3)9-11-19/h8-16H,4-7,17H2,1-3H3. The van der Waals surface area contributed by atoms with E-state index in [9.17, 15) is 4.79 Å². The van der Waals surface area contributed by atoms with Gasteiger partial charge < -0.3 is 9.47 Å². The third-order valence-corrected chi connectivity index (χ3v) is 8.54. The minimum absolute atomic E-state index is 0.211. The molecule has 1 aromatic heterocycles. The average Bonchev–Trinajstić information content (AvgIpc) is 2.91. The minimum atomic E-state index is -0.211. The van der Waals surface area contributed by atoms with Crippen LogP contribution in [0.25, 0.3) is 10.9 Å². The van der Waals surface area contributed by atoms with Crippen LogP contribution in [0, 0.1) is 6.92 Å². The Hall–Kier alpha value is -2.49. The quantitative estimate of drug-likeness (QED) is 0.156. The molecule has 0 bridgehead atoms. The molecule has 3 aromatic carbocycles. The van der Waals surface area contributed by atoms with E-state index in [0.717, 1.165) is 32.9 Å². The van der Waals surface area contributed by atoms with Crippen LogP contribution in [0.5, 0.6) is 11.5 Å². The van der Waals surface area contributed by atoms with E-state index in [-0.39, 0.29) is 5.56 Å². The average molecular weight is 706 g/mol. The summed E-state index contributed by atoms with van der Waals surface area (Å²) in [6.07, 6.45) is 4.18. The summed E-state index contributed by atoms with van der Waals surface area (Å²) in [5.41, 5.74) is 3.43. The Kier molecular flexibility index (Phi) is 9.79. The molecule has 0 amide bonds. The van der Waals surface area contributed by atoms with Gasteiger partial charge in [-0.1, -0.05) is 59.1 Å². The van der Waals surface area contributed by atoms with Crippen LogP contribution in [0.1, 0.15) is 49.2 Å². The fraction of sp³-hybridized carbons (Fsp3) is 0.276. The van der Waals surface area contributed by atoms with Gasteiger partial charge in [0.1, 0.15) is 12.4 Å². The number of nitrogens with zero attached hydrogens (tertiary/aromatic N) is 3. The molecule has 0 fully saturated rings. The molecule has 0 aliphatic carbocycles. The van der Waals surface area contributed by atoms with Gasteiger partial charge in [0.25, 0.3) is 5.56 Å². The Morgan fingerprint density at radius 2 is 1.76 bits per heavy atom. The van der Waals surface area contributed by atoms with E-state index in [2.05, 4.69) is 78.9 Å². The third kappa shape index (κ3) is 6.55. The first-order chi connectivity index (χ1) is 18.3. The molecule has 0 radical (unpaired) electrons. The molecule has 198 valence electrons. The molecule has 0 unspecified atom stereocenters. The van der Waals surface area contributed by atoms with Gasteiger partial charge in [-0.3, -0.25) is 4.79 Å². The SMILES string of the molecule is CCCCc1nc2ccc(Br)cc2c(=O)n1N=Cc1cc(OCC)c(OCc2ccc(C)cc2)c(Br)c1Br. The number of benzene rings is 3. The van der Waals surface area contributed by atoms with Crippen molar-refractivity contribution in [1.82, 2.24) is 9.66 Å². The summed E-state index contributed by atoms with van der Waals surface area (Å²) < 4.78 is 15.7. The molecule has 0 spiro atoms. The highest BCUT2D eigenvalue weighted by Gasteiger charge is 2.18. The molecule has 1 heterocycles. The molecule has 4 aromatic rings. The van der Waals surface area contributed by atoms with Crippen LogP contribution in [0.4, 0.5) is 0 Å². The van der Waals surface area contributed by atoms with Gasteiger partial charge in [0.2, 0.25) is 0 Å². The van der Waals surface area contributed by atoms with Crippen molar-refractivity contribution in [2.75, 3.05) is 6.61 Å². The number of aryl methyl sites for hydroxylation is 2. The van der Waals surface area contributed by atoms with Gasteiger partial charge in [-0.25, -0.2) is 4.98 Å². The number of aromatic nitrogens is 2. The molecule has 4 rings (SSSR count). The first-order valence-electron chi connectivity index (χ1n) is 12.4. The number of rotatable bonds is 10. The van der Waals surface area contributed by atoms with Crippen LogP contribution in [0.3, 0.4) is 0 Å². The highest BCUT2D eigenvalue weighted by molar-refractivity contribution is 9.13. The fourth-order valence-electron chi connectivity index (χ4n) is 3.87. The van der Waals surface area contributed by atoms with Gasteiger partial charge in [-0.05, 0) is 82.0 Å². The lowest BCUT2D eigenvalue weighted by Crippen LogP contribution is -2.22. The maximum Gasteiger partial charge on any atom is 0.282 e.